The monoisotopic (exact) mass is 502 g/mol. The zero-order chi connectivity index (χ0) is 24.4. The van der Waals surface area contributed by atoms with Crippen molar-refractivity contribution in [1.29, 1.82) is 0 Å². The largest absolute Gasteiger partial charge is 0.497 e. The Morgan fingerprint density at radius 3 is 2.32 bits per heavy atom. The normalized spacial score (nSPS) is 11.1. The van der Waals surface area contributed by atoms with Gasteiger partial charge in [0.15, 0.2) is 0 Å². The van der Waals surface area contributed by atoms with Crippen molar-refractivity contribution in [3.63, 3.8) is 0 Å². The molecule has 9 heteroatoms. The zero-order valence-electron chi connectivity index (χ0n) is 18.8. The Morgan fingerprint density at radius 2 is 1.68 bits per heavy atom. The number of thioether (sulfide) groups is 1. The molecule has 1 N–H and O–H groups in total. The first-order valence-corrected chi connectivity index (χ1v) is 13.3. The van der Waals surface area contributed by atoms with Gasteiger partial charge in [-0.2, -0.15) is 11.8 Å². The van der Waals surface area contributed by atoms with E-state index in [1.54, 1.807) is 66.4 Å². The molecule has 180 valence electrons. The van der Waals surface area contributed by atoms with Gasteiger partial charge >= 0.3 is 0 Å². The molecule has 0 aliphatic rings. The molecule has 0 fully saturated rings. The molecule has 3 aromatic carbocycles. The Labute approximate surface area is 204 Å². The highest BCUT2D eigenvalue weighted by Gasteiger charge is 2.27. The van der Waals surface area contributed by atoms with Crippen molar-refractivity contribution in [2.24, 2.45) is 0 Å². The van der Waals surface area contributed by atoms with Gasteiger partial charge in [-0.05, 0) is 66.3 Å². The molecule has 3 aromatic rings. The van der Waals surface area contributed by atoms with E-state index in [4.69, 9.17) is 4.74 Å². The second-order valence-electron chi connectivity index (χ2n) is 7.41. The van der Waals surface area contributed by atoms with Crippen LogP contribution in [0.1, 0.15) is 12.0 Å². The molecule has 0 aliphatic heterocycles. The predicted octanol–water partition coefficient (Wildman–Crippen LogP) is 4.47. The predicted molar refractivity (Wildman–Crippen MR) is 134 cm³/mol. The first kappa shape index (κ1) is 25.6. The van der Waals surface area contributed by atoms with Gasteiger partial charge in [-0.15, -0.1) is 0 Å². The van der Waals surface area contributed by atoms with Gasteiger partial charge in [-0.1, -0.05) is 30.3 Å². The number of hydrogen-bond donors (Lipinski definition) is 1. The van der Waals surface area contributed by atoms with E-state index in [2.05, 4.69) is 5.32 Å². The number of nitrogens with one attached hydrogen (secondary N) is 1. The fourth-order valence-corrected chi connectivity index (χ4v) is 5.49. The molecule has 0 heterocycles. The Balaban J connectivity index is 1.56. The van der Waals surface area contributed by atoms with Crippen LogP contribution in [0.5, 0.6) is 5.75 Å². The number of amides is 1. The van der Waals surface area contributed by atoms with E-state index in [0.29, 0.717) is 18.0 Å². The molecule has 0 bridgehead atoms. The average molecular weight is 503 g/mol. The maximum absolute atomic E-state index is 13.3. The number of nitrogens with zero attached hydrogens (tertiary/aromatic N) is 1. The number of methoxy groups -OCH3 is 1. The van der Waals surface area contributed by atoms with Crippen LogP contribution >= 0.6 is 11.8 Å². The second kappa shape index (κ2) is 12.4. The summed E-state index contributed by atoms with van der Waals surface area (Å²) in [6, 6.07) is 21.0. The average Bonchev–Trinajstić information content (AvgIpc) is 2.86. The lowest BCUT2D eigenvalue weighted by Crippen LogP contribution is -2.41. The topological polar surface area (TPSA) is 75.7 Å². The van der Waals surface area contributed by atoms with E-state index in [1.807, 2.05) is 0 Å². The standard InChI is InChI=1S/C25H27FN2O4S2/c1-32-23-12-14-24(15-13-23)34(30,31)28(22-6-3-2-4-7-22)18-25(29)27-16-5-17-33-19-20-8-10-21(26)11-9-20/h2-4,6-15H,5,16-19H2,1H3,(H,27,29). The van der Waals surface area contributed by atoms with Gasteiger partial charge < -0.3 is 10.1 Å². The Hall–Kier alpha value is -3.04. The molecule has 0 atom stereocenters. The number of carbonyl (C=O) groups is 1. The maximum atomic E-state index is 13.3. The minimum absolute atomic E-state index is 0.0714. The highest BCUT2D eigenvalue weighted by molar-refractivity contribution is 7.98. The molecule has 0 aliphatic carbocycles. The molecule has 0 unspecified atom stereocenters. The van der Waals surface area contributed by atoms with Gasteiger partial charge in [0.25, 0.3) is 10.0 Å². The molecular weight excluding hydrogens is 475 g/mol. The van der Waals surface area contributed by atoms with Crippen molar-refractivity contribution in [2.45, 2.75) is 17.1 Å². The van der Waals surface area contributed by atoms with Crippen LogP contribution in [0.2, 0.25) is 0 Å². The molecule has 0 saturated heterocycles. The van der Waals surface area contributed by atoms with Gasteiger partial charge in [0.2, 0.25) is 5.91 Å². The van der Waals surface area contributed by atoms with Crippen LogP contribution in [-0.4, -0.2) is 40.3 Å². The molecule has 0 aromatic heterocycles. The number of benzene rings is 3. The molecular formula is C25H27FN2O4S2. The van der Waals surface area contributed by atoms with E-state index in [-0.39, 0.29) is 23.2 Å². The van der Waals surface area contributed by atoms with Crippen LogP contribution in [0.25, 0.3) is 0 Å². The third-order valence-corrected chi connectivity index (χ3v) is 7.85. The summed E-state index contributed by atoms with van der Waals surface area (Å²) in [6.07, 6.45) is 0.730. The number of sulfonamides is 1. The lowest BCUT2D eigenvalue weighted by molar-refractivity contribution is -0.119. The Kier molecular flexibility index (Phi) is 9.35. The first-order chi connectivity index (χ1) is 16.4. The van der Waals surface area contributed by atoms with E-state index in [9.17, 15) is 17.6 Å². The number of hydrogen-bond acceptors (Lipinski definition) is 5. The van der Waals surface area contributed by atoms with Crippen LogP contribution in [0.3, 0.4) is 0 Å². The highest BCUT2D eigenvalue weighted by atomic mass is 32.2. The minimum Gasteiger partial charge on any atom is -0.497 e. The molecule has 1 amide bonds. The van der Waals surface area contributed by atoms with Gasteiger partial charge in [0.1, 0.15) is 18.1 Å². The van der Waals surface area contributed by atoms with Crippen LogP contribution in [0, 0.1) is 5.82 Å². The van der Waals surface area contributed by atoms with E-state index in [0.717, 1.165) is 27.8 Å². The second-order valence-corrected chi connectivity index (χ2v) is 10.4. The van der Waals surface area contributed by atoms with Crippen LogP contribution in [0.4, 0.5) is 10.1 Å². The fourth-order valence-electron chi connectivity index (χ4n) is 3.14. The van der Waals surface area contributed by atoms with E-state index >= 15 is 0 Å². The number of para-hydroxylation sites is 1. The third kappa shape index (κ3) is 7.23. The van der Waals surface area contributed by atoms with Gasteiger partial charge in [0.05, 0.1) is 17.7 Å². The fraction of sp³-hybridized carbons (Fsp3) is 0.240. The van der Waals surface area contributed by atoms with Gasteiger partial charge in [-0.25, -0.2) is 12.8 Å². The molecule has 34 heavy (non-hydrogen) atoms. The number of halogens is 1. The molecule has 6 nitrogen and oxygen atoms in total. The van der Waals surface area contributed by atoms with Crippen molar-refractivity contribution in [1.82, 2.24) is 5.32 Å². The third-order valence-electron chi connectivity index (χ3n) is 4.95. The summed E-state index contributed by atoms with van der Waals surface area (Å²) in [4.78, 5) is 12.7. The lowest BCUT2D eigenvalue weighted by Gasteiger charge is -2.24. The summed E-state index contributed by atoms with van der Waals surface area (Å²) in [7, 11) is -2.46. The lowest BCUT2D eigenvalue weighted by atomic mass is 10.2. The van der Waals surface area contributed by atoms with Gasteiger partial charge in [0, 0.05) is 12.3 Å². The number of ether oxygens (including phenoxy) is 1. The van der Waals surface area contributed by atoms with Gasteiger partial charge in [-0.3, -0.25) is 9.10 Å². The quantitative estimate of drug-likeness (QED) is 0.370. The van der Waals surface area contributed by atoms with Crippen LogP contribution in [0.15, 0.2) is 83.8 Å². The van der Waals surface area contributed by atoms with Crippen molar-refractivity contribution in [3.05, 3.63) is 90.2 Å². The summed E-state index contributed by atoms with van der Waals surface area (Å²) in [6.45, 7) is 0.0988. The Bertz CT molecular complexity index is 1160. The van der Waals surface area contributed by atoms with E-state index in [1.165, 1.54) is 31.4 Å². The van der Waals surface area contributed by atoms with E-state index < -0.39 is 10.0 Å². The summed E-state index contributed by atoms with van der Waals surface area (Å²) in [5.41, 5.74) is 1.45. The van der Waals surface area contributed by atoms with Crippen molar-refractivity contribution in [3.8, 4) is 5.75 Å². The van der Waals surface area contributed by atoms with Crippen LogP contribution < -0.4 is 14.4 Å². The molecule has 3 rings (SSSR count). The summed E-state index contributed by atoms with van der Waals surface area (Å²) < 4.78 is 45.8. The van der Waals surface area contributed by atoms with Crippen molar-refractivity contribution in [2.75, 3.05) is 30.3 Å². The van der Waals surface area contributed by atoms with Crippen LogP contribution in [-0.2, 0) is 20.6 Å². The SMILES string of the molecule is COc1ccc(S(=O)(=O)N(CC(=O)NCCCSCc2ccc(F)cc2)c2ccccc2)cc1. The number of rotatable bonds is 12. The summed E-state index contributed by atoms with van der Waals surface area (Å²) in [5, 5.41) is 2.80. The highest BCUT2D eigenvalue weighted by Crippen LogP contribution is 2.24. The smallest absolute Gasteiger partial charge is 0.264 e. The number of carbonyl (C=O) groups excluding carboxylic acids is 1. The molecule has 0 radical (unpaired) electrons. The zero-order valence-corrected chi connectivity index (χ0v) is 20.4. The molecule has 0 spiro atoms. The molecule has 0 saturated carbocycles. The maximum Gasteiger partial charge on any atom is 0.264 e. The van der Waals surface area contributed by atoms with Crippen molar-refractivity contribution < 1.29 is 22.3 Å². The minimum atomic E-state index is -3.96. The Morgan fingerprint density at radius 1 is 1.00 bits per heavy atom. The van der Waals surface area contributed by atoms with Crippen molar-refractivity contribution >= 4 is 33.4 Å². The first-order valence-electron chi connectivity index (χ1n) is 10.7. The summed E-state index contributed by atoms with van der Waals surface area (Å²) in [5.74, 6) is 1.47. The number of anilines is 1. The summed E-state index contributed by atoms with van der Waals surface area (Å²) >= 11 is 1.69.